The molecule has 0 radical (unpaired) electrons. The molecule has 1 heteroatoms. The second-order valence-electron chi connectivity index (χ2n) is 5.01. The van der Waals surface area contributed by atoms with E-state index in [1.54, 1.807) is 0 Å². The van der Waals surface area contributed by atoms with Crippen molar-refractivity contribution in [2.75, 3.05) is 0 Å². The van der Waals surface area contributed by atoms with Crippen LogP contribution in [0.4, 0.5) is 0 Å². The summed E-state index contributed by atoms with van der Waals surface area (Å²) >= 11 is 0. The lowest BCUT2D eigenvalue weighted by molar-refractivity contribution is -0.126. The maximum Gasteiger partial charge on any atom is 0.138 e. The minimum Gasteiger partial charge on any atom is -0.299 e. The zero-order valence-electron chi connectivity index (χ0n) is 9.92. The van der Waals surface area contributed by atoms with Gasteiger partial charge in [0.15, 0.2) is 0 Å². The van der Waals surface area contributed by atoms with Gasteiger partial charge in [0.2, 0.25) is 0 Å². The van der Waals surface area contributed by atoms with Gasteiger partial charge in [-0.1, -0.05) is 51.1 Å². The van der Waals surface area contributed by atoms with Crippen LogP contribution in [0.25, 0.3) is 0 Å². The van der Waals surface area contributed by atoms with Crippen LogP contribution < -0.4 is 0 Å². The molecule has 0 saturated heterocycles. The van der Waals surface area contributed by atoms with Crippen molar-refractivity contribution in [2.24, 2.45) is 5.41 Å². The molecule has 0 spiro atoms. The Balaban J connectivity index is 2.32. The summed E-state index contributed by atoms with van der Waals surface area (Å²) in [4.78, 5) is 11.7. The number of carbonyl (C=O) groups is 1. The van der Waals surface area contributed by atoms with Gasteiger partial charge in [-0.2, -0.15) is 0 Å². The van der Waals surface area contributed by atoms with Gasteiger partial charge in [-0.15, -0.1) is 0 Å². The van der Waals surface area contributed by atoms with E-state index >= 15 is 0 Å². The van der Waals surface area contributed by atoms with E-state index in [4.69, 9.17) is 0 Å². The summed E-state index contributed by atoms with van der Waals surface area (Å²) in [5.41, 5.74) is 1.13. The molecular formula is C14H20O. The van der Waals surface area contributed by atoms with E-state index in [9.17, 15) is 4.79 Å². The lowest BCUT2D eigenvalue weighted by atomic mass is 9.87. The molecule has 1 rings (SSSR count). The smallest absolute Gasteiger partial charge is 0.138 e. The lowest BCUT2D eigenvalue weighted by Gasteiger charge is -2.16. The van der Waals surface area contributed by atoms with E-state index in [-0.39, 0.29) is 5.41 Å². The second kappa shape index (κ2) is 5.11. The van der Waals surface area contributed by atoms with Crippen LogP contribution in [-0.4, -0.2) is 5.78 Å². The Hall–Kier alpha value is -1.11. The van der Waals surface area contributed by atoms with Gasteiger partial charge in [-0.25, -0.2) is 0 Å². The third-order valence-corrected chi connectivity index (χ3v) is 2.55. The highest BCUT2D eigenvalue weighted by atomic mass is 16.1. The van der Waals surface area contributed by atoms with Gasteiger partial charge in [0.1, 0.15) is 5.78 Å². The summed E-state index contributed by atoms with van der Waals surface area (Å²) in [6, 6.07) is 10.3. The van der Waals surface area contributed by atoms with Gasteiger partial charge >= 0.3 is 0 Å². The van der Waals surface area contributed by atoms with E-state index in [2.05, 4.69) is 12.1 Å². The van der Waals surface area contributed by atoms with Crippen molar-refractivity contribution in [1.82, 2.24) is 0 Å². The summed E-state index contributed by atoms with van der Waals surface area (Å²) in [5.74, 6) is 0.360. The fourth-order valence-corrected chi connectivity index (χ4v) is 1.47. The molecule has 15 heavy (non-hydrogen) atoms. The predicted octanol–water partition coefficient (Wildman–Crippen LogP) is 3.62. The Morgan fingerprint density at radius 3 is 2.27 bits per heavy atom. The zero-order valence-corrected chi connectivity index (χ0v) is 9.92. The first-order chi connectivity index (χ1) is 7.00. The minimum absolute atomic E-state index is 0.184. The van der Waals surface area contributed by atoms with E-state index < -0.39 is 0 Å². The molecule has 0 aliphatic heterocycles. The van der Waals surface area contributed by atoms with Crippen molar-refractivity contribution in [3.8, 4) is 0 Å². The molecule has 0 bridgehead atoms. The van der Waals surface area contributed by atoms with Crippen molar-refractivity contribution in [3.63, 3.8) is 0 Å². The summed E-state index contributed by atoms with van der Waals surface area (Å²) in [5, 5.41) is 0. The molecule has 0 aliphatic rings. The van der Waals surface area contributed by atoms with Gasteiger partial charge < -0.3 is 0 Å². The maximum atomic E-state index is 11.7. The summed E-state index contributed by atoms with van der Waals surface area (Å²) in [6.07, 6.45) is 2.65. The first-order valence-corrected chi connectivity index (χ1v) is 5.57. The second-order valence-corrected chi connectivity index (χ2v) is 5.01. The Bertz CT molecular complexity index is 306. The Labute approximate surface area is 92.5 Å². The van der Waals surface area contributed by atoms with Crippen molar-refractivity contribution < 1.29 is 4.79 Å². The average molecular weight is 204 g/mol. The van der Waals surface area contributed by atoms with Gasteiger partial charge in [-0.05, 0) is 18.4 Å². The standard InChI is InChI=1S/C14H20O/c1-14(2,3)13(15)11-7-10-12-8-5-4-6-9-12/h4-6,8-9H,7,10-11H2,1-3H3. The number of ketones is 1. The molecule has 1 aromatic carbocycles. The molecule has 0 N–H and O–H groups in total. The maximum absolute atomic E-state index is 11.7. The number of hydrogen-bond acceptors (Lipinski definition) is 1. The lowest BCUT2D eigenvalue weighted by Crippen LogP contribution is -2.19. The van der Waals surface area contributed by atoms with Crippen LogP contribution in [0.1, 0.15) is 39.2 Å². The number of rotatable bonds is 4. The number of hydrogen-bond donors (Lipinski definition) is 0. The van der Waals surface area contributed by atoms with Crippen molar-refractivity contribution in [3.05, 3.63) is 35.9 Å². The quantitative estimate of drug-likeness (QED) is 0.732. The molecule has 1 aromatic rings. The fraction of sp³-hybridized carbons (Fsp3) is 0.500. The summed E-state index contributed by atoms with van der Waals surface area (Å²) in [7, 11) is 0. The Kier molecular flexibility index (Phi) is 4.07. The monoisotopic (exact) mass is 204 g/mol. The molecule has 0 atom stereocenters. The molecular weight excluding hydrogens is 184 g/mol. The van der Waals surface area contributed by atoms with Crippen LogP contribution in [-0.2, 0) is 11.2 Å². The van der Waals surface area contributed by atoms with E-state index in [1.807, 2.05) is 39.0 Å². The normalized spacial score (nSPS) is 11.4. The van der Waals surface area contributed by atoms with Crippen LogP contribution in [0.3, 0.4) is 0 Å². The van der Waals surface area contributed by atoms with Crippen LogP contribution in [0.5, 0.6) is 0 Å². The van der Waals surface area contributed by atoms with Crippen LogP contribution in [0.15, 0.2) is 30.3 Å². The first-order valence-electron chi connectivity index (χ1n) is 5.57. The fourth-order valence-electron chi connectivity index (χ4n) is 1.47. The Morgan fingerprint density at radius 1 is 1.13 bits per heavy atom. The Morgan fingerprint density at radius 2 is 1.73 bits per heavy atom. The van der Waals surface area contributed by atoms with E-state index in [0.717, 1.165) is 12.8 Å². The van der Waals surface area contributed by atoms with E-state index in [1.165, 1.54) is 5.56 Å². The first kappa shape index (κ1) is 12.0. The largest absolute Gasteiger partial charge is 0.299 e. The molecule has 0 amide bonds. The molecule has 82 valence electrons. The van der Waals surface area contributed by atoms with Crippen LogP contribution in [0.2, 0.25) is 0 Å². The molecule has 0 aromatic heterocycles. The number of carbonyl (C=O) groups excluding carboxylic acids is 1. The molecule has 0 fully saturated rings. The summed E-state index contributed by atoms with van der Waals surface area (Å²) < 4.78 is 0. The van der Waals surface area contributed by atoms with Gasteiger partial charge in [0.25, 0.3) is 0 Å². The summed E-state index contributed by atoms with van der Waals surface area (Å²) in [6.45, 7) is 5.95. The van der Waals surface area contributed by atoms with E-state index in [0.29, 0.717) is 12.2 Å². The average Bonchev–Trinajstić information content (AvgIpc) is 2.18. The van der Waals surface area contributed by atoms with Crippen molar-refractivity contribution >= 4 is 5.78 Å². The van der Waals surface area contributed by atoms with Crippen molar-refractivity contribution in [1.29, 1.82) is 0 Å². The minimum atomic E-state index is -0.184. The van der Waals surface area contributed by atoms with Gasteiger partial charge in [0.05, 0.1) is 0 Å². The highest BCUT2D eigenvalue weighted by Crippen LogP contribution is 2.18. The van der Waals surface area contributed by atoms with Gasteiger partial charge in [-0.3, -0.25) is 4.79 Å². The highest BCUT2D eigenvalue weighted by molar-refractivity contribution is 5.83. The zero-order chi connectivity index (χ0) is 11.3. The topological polar surface area (TPSA) is 17.1 Å². The third-order valence-electron chi connectivity index (χ3n) is 2.55. The molecule has 0 aliphatic carbocycles. The SMILES string of the molecule is CC(C)(C)C(=O)CCCc1ccccc1. The molecule has 0 saturated carbocycles. The highest BCUT2D eigenvalue weighted by Gasteiger charge is 2.19. The predicted molar refractivity (Wildman–Crippen MR) is 63.8 cm³/mol. The third kappa shape index (κ3) is 4.28. The van der Waals surface area contributed by atoms with Crippen LogP contribution >= 0.6 is 0 Å². The number of aryl methyl sites for hydroxylation is 1. The molecule has 0 heterocycles. The van der Waals surface area contributed by atoms with Crippen LogP contribution in [0, 0.1) is 5.41 Å². The molecule has 1 nitrogen and oxygen atoms in total. The van der Waals surface area contributed by atoms with Crippen molar-refractivity contribution in [2.45, 2.75) is 40.0 Å². The number of benzene rings is 1. The van der Waals surface area contributed by atoms with Gasteiger partial charge in [0, 0.05) is 11.8 Å². The molecule has 0 unspecified atom stereocenters. The number of Topliss-reactive ketones (excluding diaryl/α,β-unsaturated/α-hetero) is 1.